The smallest absolute Gasteiger partial charge is 0.251 e. The molecule has 1 atom stereocenters. The summed E-state index contributed by atoms with van der Waals surface area (Å²) in [6, 6.07) is 16.0. The van der Waals surface area contributed by atoms with Gasteiger partial charge in [0.2, 0.25) is 5.91 Å². The maximum Gasteiger partial charge on any atom is 0.251 e. The van der Waals surface area contributed by atoms with Gasteiger partial charge < -0.3 is 9.84 Å². The molecule has 26 heavy (non-hydrogen) atoms. The quantitative estimate of drug-likeness (QED) is 0.768. The second-order valence-corrected chi connectivity index (χ2v) is 6.17. The summed E-state index contributed by atoms with van der Waals surface area (Å²) in [4.78, 5) is 28.5. The lowest BCUT2D eigenvalue weighted by molar-refractivity contribution is -0.123. The van der Waals surface area contributed by atoms with Gasteiger partial charge in [0, 0.05) is 13.1 Å². The Bertz CT molecular complexity index is 761. The van der Waals surface area contributed by atoms with Crippen molar-refractivity contribution >= 4 is 17.5 Å². The van der Waals surface area contributed by atoms with E-state index in [0.29, 0.717) is 24.5 Å². The fraction of sp³-hybridized carbons (Fsp3) is 0.300. The van der Waals surface area contributed by atoms with Crippen LogP contribution in [0.1, 0.15) is 12.0 Å². The molecule has 0 aromatic heterocycles. The fourth-order valence-corrected chi connectivity index (χ4v) is 3.20. The van der Waals surface area contributed by atoms with Crippen LogP contribution < -0.4 is 9.64 Å². The molecule has 0 aliphatic carbocycles. The lowest BCUT2D eigenvalue weighted by atomic mass is 10.1. The topological polar surface area (TPSA) is 70.1 Å². The fourth-order valence-electron chi connectivity index (χ4n) is 3.20. The van der Waals surface area contributed by atoms with Gasteiger partial charge in [-0.25, -0.2) is 4.90 Å². The van der Waals surface area contributed by atoms with Crippen molar-refractivity contribution in [3.63, 3.8) is 0 Å². The zero-order valence-electron chi connectivity index (χ0n) is 14.7. The molecule has 1 aliphatic heterocycles. The minimum atomic E-state index is -0.572. The number of rotatable bonds is 7. The summed E-state index contributed by atoms with van der Waals surface area (Å²) in [5.41, 5.74) is 1.57. The van der Waals surface area contributed by atoms with E-state index in [1.54, 1.807) is 31.4 Å². The van der Waals surface area contributed by atoms with Gasteiger partial charge in [0.25, 0.3) is 5.91 Å². The van der Waals surface area contributed by atoms with Crippen molar-refractivity contribution in [2.75, 3.05) is 25.2 Å². The number of aliphatic hydroxyl groups excluding tert-OH is 1. The number of ether oxygens (including phenoxy) is 1. The highest BCUT2D eigenvalue weighted by Gasteiger charge is 2.42. The molecule has 1 fully saturated rings. The van der Waals surface area contributed by atoms with Gasteiger partial charge in [0.15, 0.2) is 0 Å². The zero-order chi connectivity index (χ0) is 18.5. The number of carbonyl (C=O) groups excluding carboxylic acids is 2. The highest BCUT2D eigenvalue weighted by molar-refractivity contribution is 6.22. The van der Waals surface area contributed by atoms with Crippen LogP contribution in [0.5, 0.6) is 5.75 Å². The lowest BCUT2D eigenvalue weighted by Crippen LogP contribution is -2.43. The average molecular weight is 354 g/mol. The SMILES string of the molecule is COc1ccc(N2C(=O)C[C@@H](N(CCO)Cc3ccccc3)C2=O)cc1. The van der Waals surface area contributed by atoms with E-state index in [9.17, 15) is 14.7 Å². The third-order valence-electron chi connectivity index (χ3n) is 4.51. The number of hydrogen-bond donors (Lipinski definition) is 1. The highest BCUT2D eigenvalue weighted by atomic mass is 16.5. The Morgan fingerprint density at radius 2 is 1.81 bits per heavy atom. The van der Waals surface area contributed by atoms with E-state index >= 15 is 0 Å². The second-order valence-electron chi connectivity index (χ2n) is 6.17. The van der Waals surface area contributed by atoms with Crippen LogP contribution in [0.2, 0.25) is 0 Å². The normalized spacial score (nSPS) is 17.2. The molecule has 3 rings (SSSR count). The van der Waals surface area contributed by atoms with Crippen LogP contribution in [0.25, 0.3) is 0 Å². The Hall–Kier alpha value is -2.70. The van der Waals surface area contributed by atoms with Crippen molar-refractivity contribution in [2.24, 2.45) is 0 Å². The number of imide groups is 1. The molecular weight excluding hydrogens is 332 g/mol. The van der Waals surface area contributed by atoms with Crippen LogP contribution in [0.3, 0.4) is 0 Å². The highest BCUT2D eigenvalue weighted by Crippen LogP contribution is 2.28. The van der Waals surface area contributed by atoms with Crippen molar-refractivity contribution in [3.8, 4) is 5.75 Å². The first-order valence-electron chi connectivity index (χ1n) is 8.53. The Kier molecular flexibility index (Phi) is 5.65. The van der Waals surface area contributed by atoms with Crippen molar-refractivity contribution in [3.05, 3.63) is 60.2 Å². The van der Waals surface area contributed by atoms with E-state index in [2.05, 4.69) is 0 Å². The number of anilines is 1. The molecule has 6 heteroatoms. The van der Waals surface area contributed by atoms with Crippen LogP contribution in [-0.4, -0.2) is 48.1 Å². The van der Waals surface area contributed by atoms with Crippen LogP contribution in [0, 0.1) is 0 Å². The van der Waals surface area contributed by atoms with Crippen molar-refractivity contribution in [1.29, 1.82) is 0 Å². The van der Waals surface area contributed by atoms with E-state index in [1.807, 2.05) is 35.2 Å². The van der Waals surface area contributed by atoms with Crippen molar-refractivity contribution < 1.29 is 19.4 Å². The molecule has 0 saturated carbocycles. The van der Waals surface area contributed by atoms with E-state index in [4.69, 9.17) is 4.74 Å². The van der Waals surface area contributed by atoms with Gasteiger partial charge in [-0.3, -0.25) is 14.5 Å². The van der Waals surface area contributed by atoms with Crippen molar-refractivity contribution in [2.45, 2.75) is 19.0 Å². The molecule has 1 heterocycles. The number of methoxy groups -OCH3 is 1. The number of hydrogen-bond acceptors (Lipinski definition) is 5. The van der Waals surface area contributed by atoms with Gasteiger partial charge in [-0.2, -0.15) is 0 Å². The summed E-state index contributed by atoms with van der Waals surface area (Å²) in [5.74, 6) is 0.168. The molecule has 0 unspecified atom stereocenters. The molecule has 2 amide bonds. The third kappa shape index (κ3) is 3.76. The van der Waals surface area contributed by atoms with Gasteiger partial charge in [-0.15, -0.1) is 0 Å². The Labute approximate surface area is 152 Å². The average Bonchev–Trinajstić information content (AvgIpc) is 2.96. The molecule has 0 radical (unpaired) electrons. The summed E-state index contributed by atoms with van der Waals surface area (Å²) in [6.07, 6.45) is 0.109. The molecule has 2 aromatic rings. The van der Waals surface area contributed by atoms with Gasteiger partial charge in [0.1, 0.15) is 5.75 Å². The minimum absolute atomic E-state index is 0.0761. The largest absolute Gasteiger partial charge is 0.497 e. The molecule has 2 aromatic carbocycles. The number of aliphatic hydroxyl groups is 1. The zero-order valence-corrected chi connectivity index (χ0v) is 14.7. The molecule has 0 spiro atoms. The molecule has 136 valence electrons. The first-order valence-corrected chi connectivity index (χ1v) is 8.53. The van der Waals surface area contributed by atoms with Crippen LogP contribution in [0.4, 0.5) is 5.69 Å². The predicted octanol–water partition coefficient (Wildman–Crippen LogP) is 1.82. The number of carbonyl (C=O) groups is 2. The van der Waals surface area contributed by atoms with E-state index in [1.165, 1.54) is 4.90 Å². The summed E-state index contributed by atoms with van der Waals surface area (Å²) in [5, 5.41) is 9.40. The number of amides is 2. The first kappa shape index (κ1) is 18.1. The summed E-state index contributed by atoms with van der Waals surface area (Å²) in [7, 11) is 1.56. The van der Waals surface area contributed by atoms with E-state index in [0.717, 1.165) is 5.56 Å². The predicted molar refractivity (Wildman–Crippen MR) is 97.8 cm³/mol. The second kappa shape index (κ2) is 8.12. The molecular formula is C20H22N2O4. The van der Waals surface area contributed by atoms with Crippen LogP contribution >= 0.6 is 0 Å². The van der Waals surface area contributed by atoms with Crippen LogP contribution in [0.15, 0.2) is 54.6 Å². The monoisotopic (exact) mass is 354 g/mol. The number of nitrogens with zero attached hydrogens (tertiary/aromatic N) is 2. The molecule has 6 nitrogen and oxygen atoms in total. The standard InChI is InChI=1S/C20H22N2O4/c1-26-17-9-7-16(8-10-17)22-19(24)13-18(20(22)25)21(11-12-23)14-15-5-3-2-4-6-15/h2-10,18,23H,11-14H2,1H3/t18-/m1/s1. The Morgan fingerprint density at radius 1 is 1.12 bits per heavy atom. The lowest BCUT2D eigenvalue weighted by Gasteiger charge is -2.26. The van der Waals surface area contributed by atoms with Gasteiger partial charge in [0.05, 0.1) is 31.9 Å². The van der Waals surface area contributed by atoms with Crippen LogP contribution in [-0.2, 0) is 16.1 Å². The molecule has 1 aliphatic rings. The molecule has 1 saturated heterocycles. The maximum absolute atomic E-state index is 12.9. The van der Waals surface area contributed by atoms with E-state index < -0.39 is 6.04 Å². The Morgan fingerprint density at radius 3 is 2.42 bits per heavy atom. The third-order valence-corrected chi connectivity index (χ3v) is 4.51. The Balaban J connectivity index is 1.80. The first-order chi connectivity index (χ1) is 12.6. The van der Waals surface area contributed by atoms with Crippen molar-refractivity contribution in [1.82, 2.24) is 4.90 Å². The van der Waals surface area contributed by atoms with Gasteiger partial charge in [-0.1, -0.05) is 30.3 Å². The molecule has 0 bridgehead atoms. The summed E-state index contributed by atoms with van der Waals surface area (Å²) >= 11 is 0. The van der Waals surface area contributed by atoms with Gasteiger partial charge in [-0.05, 0) is 29.8 Å². The number of benzene rings is 2. The molecule has 1 N–H and O–H groups in total. The summed E-state index contributed by atoms with van der Waals surface area (Å²) in [6.45, 7) is 0.754. The minimum Gasteiger partial charge on any atom is -0.497 e. The summed E-state index contributed by atoms with van der Waals surface area (Å²) < 4.78 is 5.12. The maximum atomic E-state index is 12.9. The van der Waals surface area contributed by atoms with E-state index in [-0.39, 0.29) is 24.8 Å². The van der Waals surface area contributed by atoms with Gasteiger partial charge >= 0.3 is 0 Å².